The molecular weight excluding hydrogens is 366 g/mol. The lowest BCUT2D eigenvalue weighted by atomic mass is 10.1. The Bertz CT molecular complexity index is 1010. The van der Waals surface area contributed by atoms with E-state index in [-0.39, 0.29) is 0 Å². The predicted molar refractivity (Wildman–Crippen MR) is 117 cm³/mol. The second kappa shape index (κ2) is 8.94. The van der Waals surface area contributed by atoms with Crippen LogP contribution in [0.5, 0.6) is 5.75 Å². The third kappa shape index (κ3) is 4.50. The van der Waals surface area contributed by atoms with Crippen molar-refractivity contribution in [2.45, 2.75) is 40.8 Å². The lowest BCUT2D eigenvalue weighted by Crippen LogP contribution is -2.10. The number of oxime groups is 1. The molecule has 7 nitrogen and oxygen atoms in total. The molecule has 2 aromatic heterocycles. The number of rotatable bonds is 8. The maximum atomic E-state index is 5.23. The lowest BCUT2D eigenvalue weighted by molar-refractivity contribution is 0.215. The maximum absolute atomic E-state index is 5.23. The molecule has 1 aromatic carbocycles. The zero-order chi connectivity index (χ0) is 21.0. The normalized spacial score (nSPS) is 11.6. The third-order valence-electron chi connectivity index (χ3n) is 4.84. The number of aromatic nitrogens is 3. The molecule has 0 atom stereocenters. The molecular formula is C22H29N5O2. The van der Waals surface area contributed by atoms with E-state index in [9.17, 15) is 0 Å². The molecule has 1 N–H and O–H groups in total. The Kier molecular flexibility index (Phi) is 6.36. The molecule has 0 aliphatic heterocycles. The molecule has 0 saturated heterocycles. The Balaban J connectivity index is 2.03. The van der Waals surface area contributed by atoms with E-state index < -0.39 is 0 Å². The van der Waals surface area contributed by atoms with Gasteiger partial charge >= 0.3 is 0 Å². The van der Waals surface area contributed by atoms with Gasteiger partial charge in [0.1, 0.15) is 24.6 Å². The summed E-state index contributed by atoms with van der Waals surface area (Å²) in [5.74, 6) is 2.84. The minimum absolute atomic E-state index is 0.464. The van der Waals surface area contributed by atoms with Gasteiger partial charge in [-0.1, -0.05) is 31.1 Å². The van der Waals surface area contributed by atoms with Crippen LogP contribution < -0.4 is 10.1 Å². The Morgan fingerprint density at radius 1 is 1.14 bits per heavy atom. The van der Waals surface area contributed by atoms with Crippen LogP contribution in [-0.4, -0.2) is 35.0 Å². The monoisotopic (exact) mass is 395 g/mol. The number of ether oxygens (including phenoxy) is 1. The second-order valence-corrected chi connectivity index (χ2v) is 7.46. The van der Waals surface area contributed by atoms with Crippen LogP contribution in [0.2, 0.25) is 0 Å². The van der Waals surface area contributed by atoms with Gasteiger partial charge in [-0.25, -0.2) is 9.97 Å². The van der Waals surface area contributed by atoms with Gasteiger partial charge in [0.15, 0.2) is 11.6 Å². The molecule has 0 spiro atoms. The molecule has 0 fully saturated rings. The molecule has 154 valence electrons. The van der Waals surface area contributed by atoms with E-state index in [1.807, 2.05) is 31.2 Å². The summed E-state index contributed by atoms with van der Waals surface area (Å²) in [6, 6.07) is 7.99. The first-order valence-corrected chi connectivity index (χ1v) is 9.75. The van der Waals surface area contributed by atoms with E-state index in [0.29, 0.717) is 12.5 Å². The van der Waals surface area contributed by atoms with Crippen molar-refractivity contribution in [3.8, 4) is 5.75 Å². The largest absolute Gasteiger partial charge is 0.497 e. The summed E-state index contributed by atoms with van der Waals surface area (Å²) < 4.78 is 7.43. The summed E-state index contributed by atoms with van der Waals surface area (Å²) in [7, 11) is 3.20. The van der Waals surface area contributed by atoms with Crippen LogP contribution >= 0.6 is 0 Å². The molecule has 0 amide bonds. The first kappa shape index (κ1) is 20.6. The van der Waals surface area contributed by atoms with Gasteiger partial charge < -0.3 is 19.5 Å². The van der Waals surface area contributed by atoms with E-state index in [1.54, 1.807) is 13.3 Å². The zero-order valence-corrected chi connectivity index (χ0v) is 18.0. The van der Waals surface area contributed by atoms with Crippen molar-refractivity contribution in [2.75, 3.05) is 19.5 Å². The maximum Gasteiger partial charge on any atom is 0.155 e. The number of hydrogen-bond donors (Lipinski definition) is 1. The number of imidazole rings is 1. The predicted octanol–water partition coefficient (Wildman–Crippen LogP) is 4.31. The Morgan fingerprint density at radius 2 is 1.86 bits per heavy atom. The Hall–Kier alpha value is -3.09. The minimum Gasteiger partial charge on any atom is -0.497 e. The minimum atomic E-state index is 0.464. The van der Waals surface area contributed by atoms with Gasteiger partial charge in [0.25, 0.3) is 0 Å². The van der Waals surface area contributed by atoms with Gasteiger partial charge in [0.2, 0.25) is 0 Å². The fraction of sp³-hybridized carbons (Fsp3) is 0.409. The first-order chi connectivity index (χ1) is 13.9. The van der Waals surface area contributed by atoms with Crippen LogP contribution in [0, 0.1) is 19.8 Å². The molecule has 2 heterocycles. The highest BCUT2D eigenvalue weighted by Gasteiger charge is 2.18. The van der Waals surface area contributed by atoms with Crippen molar-refractivity contribution in [1.82, 2.24) is 14.5 Å². The van der Waals surface area contributed by atoms with E-state index >= 15 is 0 Å². The number of anilines is 1. The standard InChI is InChI=1S/C22H29N5O2/c1-14(2)13-27-19(12-24-29-6)26-20-21(27)15(3)16(4)25-22(20)23-11-17-7-9-18(28-5)10-8-17/h7-10,12,14H,11,13H2,1-6H3,(H,23,25)/b24-12+. The molecule has 3 rings (SSSR count). The van der Waals surface area contributed by atoms with Gasteiger partial charge in [0.05, 0.1) is 12.6 Å². The molecule has 0 aliphatic carbocycles. The molecule has 0 saturated carbocycles. The number of hydrogen-bond acceptors (Lipinski definition) is 6. The van der Waals surface area contributed by atoms with Gasteiger partial charge in [-0.3, -0.25) is 0 Å². The summed E-state index contributed by atoms with van der Waals surface area (Å²) in [6.07, 6.45) is 1.66. The smallest absolute Gasteiger partial charge is 0.155 e. The highest BCUT2D eigenvalue weighted by Crippen LogP contribution is 2.28. The SMILES string of the molecule is CO/N=C/c1nc2c(NCc3ccc(OC)cc3)nc(C)c(C)c2n1CC(C)C. The summed E-state index contributed by atoms with van der Waals surface area (Å²) in [5, 5.41) is 7.39. The summed E-state index contributed by atoms with van der Waals surface area (Å²) >= 11 is 0. The van der Waals surface area contributed by atoms with Crippen molar-refractivity contribution in [3.05, 3.63) is 46.9 Å². The number of benzene rings is 1. The van der Waals surface area contributed by atoms with Crippen molar-refractivity contribution in [1.29, 1.82) is 0 Å². The van der Waals surface area contributed by atoms with E-state index in [1.165, 1.54) is 7.11 Å². The van der Waals surface area contributed by atoms with Crippen molar-refractivity contribution >= 4 is 23.1 Å². The first-order valence-electron chi connectivity index (χ1n) is 9.75. The van der Waals surface area contributed by atoms with Crippen molar-refractivity contribution in [2.24, 2.45) is 11.1 Å². The van der Waals surface area contributed by atoms with E-state index in [4.69, 9.17) is 19.5 Å². The van der Waals surface area contributed by atoms with Gasteiger partial charge in [-0.2, -0.15) is 0 Å². The van der Waals surface area contributed by atoms with Crippen molar-refractivity contribution < 1.29 is 9.57 Å². The number of nitrogens with one attached hydrogen (secondary N) is 1. The third-order valence-corrected chi connectivity index (χ3v) is 4.84. The van der Waals surface area contributed by atoms with Crippen LogP contribution in [-0.2, 0) is 17.9 Å². The number of pyridine rings is 1. The molecule has 0 bridgehead atoms. The average Bonchev–Trinajstić information content (AvgIpc) is 3.06. The molecule has 3 aromatic rings. The molecule has 0 unspecified atom stereocenters. The number of aryl methyl sites for hydroxylation is 2. The second-order valence-electron chi connectivity index (χ2n) is 7.46. The highest BCUT2D eigenvalue weighted by molar-refractivity contribution is 5.93. The number of nitrogens with zero attached hydrogens (tertiary/aromatic N) is 4. The summed E-state index contributed by atoms with van der Waals surface area (Å²) in [5.41, 5.74) is 5.18. The lowest BCUT2D eigenvalue weighted by Gasteiger charge is -2.14. The number of methoxy groups -OCH3 is 1. The van der Waals surface area contributed by atoms with Crippen LogP contribution in [0.4, 0.5) is 5.82 Å². The van der Waals surface area contributed by atoms with Crippen molar-refractivity contribution in [3.63, 3.8) is 0 Å². The van der Waals surface area contributed by atoms with E-state index in [0.717, 1.165) is 51.8 Å². The average molecular weight is 396 g/mol. The van der Waals surface area contributed by atoms with Gasteiger partial charge in [-0.15, -0.1) is 0 Å². The molecule has 29 heavy (non-hydrogen) atoms. The fourth-order valence-electron chi connectivity index (χ4n) is 3.29. The summed E-state index contributed by atoms with van der Waals surface area (Å²) in [4.78, 5) is 14.5. The fourth-order valence-corrected chi connectivity index (χ4v) is 3.29. The van der Waals surface area contributed by atoms with Crippen LogP contribution in [0.25, 0.3) is 11.0 Å². The van der Waals surface area contributed by atoms with E-state index in [2.05, 4.69) is 35.8 Å². The molecule has 0 aliphatic rings. The quantitative estimate of drug-likeness (QED) is 0.455. The van der Waals surface area contributed by atoms with Crippen LogP contribution in [0.3, 0.4) is 0 Å². The highest BCUT2D eigenvalue weighted by atomic mass is 16.6. The van der Waals surface area contributed by atoms with Gasteiger partial charge in [-0.05, 0) is 43.0 Å². The Morgan fingerprint density at radius 3 is 2.48 bits per heavy atom. The number of fused-ring (bicyclic) bond motifs is 1. The van der Waals surface area contributed by atoms with Crippen LogP contribution in [0.15, 0.2) is 29.4 Å². The molecule has 7 heteroatoms. The summed E-state index contributed by atoms with van der Waals surface area (Å²) in [6.45, 7) is 9.98. The van der Waals surface area contributed by atoms with Crippen LogP contribution in [0.1, 0.15) is 36.5 Å². The molecule has 0 radical (unpaired) electrons. The van der Waals surface area contributed by atoms with Gasteiger partial charge in [0, 0.05) is 18.8 Å². The topological polar surface area (TPSA) is 73.6 Å². The zero-order valence-electron chi connectivity index (χ0n) is 18.0. The Labute approximate surface area is 171 Å².